The summed E-state index contributed by atoms with van der Waals surface area (Å²) in [6, 6.07) is 15.7. The zero-order chi connectivity index (χ0) is 22.9. The Hall–Kier alpha value is -3.59. The van der Waals surface area contributed by atoms with E-state index in [1.807, 2.05) is 35.2 Å². The lowest BCUT2D eigenvalue weighted by Crippen LogP contribution is -2.36. The van der Waals surface area contributed by atoms with Crippen molar-refractivity contribution in [3.63, 3.8) is 0 Å². The van der Waals surface area contributed by atoms with Crippen LogP contribution in [-0.2, 0) is 16.0 Å². The number of hydrogen-bond donors (Lipinski definition) is 2. The number of carbonyl (C=O) groups excluding carboxylic acids is 1. The van der Waals surface area contributed by atoms with Crippen LogP contribution in [0.3, 0.4) is 0 Å². The van der Waals surface area contributed by atoms with Crippen LogP contribution in [0.1, 0.15) is 36.7 Å². The summed E-state index contributed by atoms with van der Waals surface area (Å²) in [4.78, 5) is 27.5. The van der Waals surface area contributed by atoms with E-state index in [1.54, 1.807) is 29.2 Å². The number of nitrogens with two attached hydrogens (primary N) is 1. The largest absolute Gasteiger partial charge is 0.483 e. The van der Waals surface area contributed by atoms with Crippen LogP contribution in [-0.4, -0.2) is 49.7 Å². The SMILES string of the molecule is NC(CC(=O)N1CCC[C@H]1c1ncn(-c2ccccc2)n1)Cc1ccccc1F.O=CO. The first kappa shape index (κ1) is 23.1. The third kappa shape index (κ3) is 5.76. The summed E-state index contributed by atoms with van der Waals surface area (Å²) in [5, 5.41) is 11.5. The van der Waals surface area contributed by atoms with Crippen molar-refractivity contribution in [2.45, 2.75) is 37.8 Å². The van der Waals surface area contributed by atoms with Gasteiger partial charge in [-0.3, -0.25) is 9.59 Å². The molecule has 4 rings (SSSR count). The summed E-state index contributed by atoms with van der Waals surface area (Å²) in [5.74, 6) is 0.319. The molecule has 0 spiro atoms. The standard InChI is InChI=1S/C22H24FN5O.CH2O2/c23-19-10-5-4-7-16(19)13-17(24)14-21(29)27-12-6-11-20(27)22-25-15-28(26-22)18-8-2-1-3-9-18;2-1-3/h1-5,7-10,15,17,20H,6,11-14,24H2;1H,(H,2,3)/t17?,20-;/m0./s1. The van der Waals surface area contributed by atoms with Gasteiger partial charge in [0.15, 0.2) is 5.82 Å². The molecule has 2 aromatic carbocycles. The van der Waals surface area contributed by atoms with Gasteiger partial charge in [0.25, 0.3) is 6.47 Å². The molecule has 1 amide bonds. The molecule has 8 nitrogen and oxygen atoms in total. The minimum absolute atomic E-state index is 0.0348. The zero-order valence-corrected chi connectivity index (χ0v) is 17.5. The van der Waals surface area contributed by atoms with Crippen LogP contribution in [0.4, 0.5) is 4.39 Å². The molecule has 1 aromatic heterocycles. The lowest BCUT2D eigenvalue weighted by molar-refractivity contribution is -0.132. The monoisotopic (exact) mass is 439 g/mol. The molecular weight excluding hydrogens is 413 g/mol. The predicted molar refractivity (Wildman–Crippen MR) is 116 cm³/mol. The lowest BCUT2D eigenvalue weighted by Gasteiger charge is -2.24. The number of carbonyl (C=O) groups is 2. The number of amides is 1. The van der Waals surface area contributed by atoms with Crippen molar-refractivity contribution in [3.05, 3.63) is 78.1 Å². The van der Waals surface area contributed by atoms with Crippen LogP contribution in [0.25, 0.3) is 5.69 Å². The van der Waals surface area contributed by atoms with E-state index in [1.165, 1.54) is 6.07 Å². The number of benzene rings is 2. The Morgan fingerprint density at radius 2 is 1.91 bits per heavy atom. The molecule has 9 heteroatoms. The summed E-state index contributed by atoms with van der Waals surface area (Å²) in [6.45, 7) is 0.412. The van der Waals surface area contributed by atoms with Gasteiger partial charge < -0.3 is 15.7 Å². The maximum atomic E-state index is 13.8. The van der Waals surface area contributed by atoms with Crippen LogP contribution in [0.2, 0.25) is 0 Å². The molecule has 2 atom stereocenters. The van der Waals surface area contributed by atoms with E-state index in [2.05, 4.69) is 10.1 Å². The minimum atomic E-state index is -0.435. The van der Waals surface area contributed by atoms with Gasteiger partial charge in [0.1, 0.15) is 12.1 Å². The topological polar surface area (TPSA) is 114 Å². The van der Waals surface area contributed by atoms with Crippen molar-refractivity contribution in [1.82, 2.24) is 19.7 Å². The van der Waals surface area contributed by atoms with Crippen LogP contribution in [0, 0.1) is 5.82 Å². The normalized spacial score (nSPS) is 16.2. The van der Waals surface area contributed by atoms with Crippen LogP contribution in [0.5, 0.6) is 0 Å². The van der Waals surface area contributed by atoms with Gasteiger partial charge in [0.05, 0.1) is 11.7 Å². The van der Waals surface area contributed by atoms with Crippen molar-refractivity contribution >= 4 is 12.4 Å². The number of nitrogens with zero attached hydrogens (tertiary/aromatic N) is 4. The Balaban J connectivity index is 0.000000913. The van der Waals surface area contributed by atoms with Gasteiger partial charge in [-0.2, -0.15) is 0 Å². The fourth-order valence-corrected chi connectivity index (χ4v) is 3.83. The molecule has 0 bridgehead atoms. The molecule has 32 heavy (non-hydrogen) atoms. The summed E-state index contributed by atoms with van der Waals surface area (Å²) in [7, 11) is 0. The van der Waals surface area contributed by atoms with E-state index in [4.69, 9.17) is 15.6 Å². The third-order valence-corrected chi connectivity index (χ3v) is 5.28. The molecule has 3 aromatic rings. The van der Waals surface area contributed by atoms with Gasteiger partial charge in [-0.25, -0.2) is 14.1 Å². The van der Waals surface area contributed by atoms with Gasteiger partial charge in [-0.1, -0.05) is 36.4 Å². The van der Waals surface area contributed by atoms with Crippen LogP contribution < -0.4 is 5.73 Å². The van der Waals surface area contributed by atoms with E-state index < -0.39 is 6.04 Å². The second-order valence-electron chi connectivity index (χ2n) is 7.49. The van der Waals surface area contributed by atoms with E-state index in [0.29, 0.717) is 24.4 Å². The molecule has 168 valence electrons. The third-order valence-electron chi connectivity index (χ3n) is 5.28. The van der Waals surface area contributed by atoms with Crippen molar-refractivity contribution in [1.29, 1.82) is 0 Å². The van der Waals surface area contributed by atoms with E-state index in [-0.39, 0.29) is 30.7 Å². The molecule has 1 aliphatic rings. The molecular formula is C23H26FN5O3. The maximum Gasteiger partial charge on any atom is 0.290 e. The van der Waals surface area contributed by atoms with Gasteiger partial charge in [0.2, 0.25) is 5.91 Å². The molecule has 1 unspecified atom stereocenters. The number of rotatable bonds is 6. The highest BCUT2D eigenvalue weighted by Gasteiger charge is 2.33. The molecule has 3 N–H and O–H groups in total. The van der Waals surface area contributed by atoms with Gasteiger partial charge in [-0.05, 0) is 43.0 Å². The molecule has 2 heterocycles. The molecule has 0 aliphatic carbocycles. The van der Waals surface area contributed by atoms with E-state index in [9.17, 15) is 9.18 Å². The van der Waals surface area contributed by atoms with Crippen molar-refractivity contribution in [2.24, 2.45) is 5.73 Å². The number of aromatic nitrogens is 3. The number of halogens is 1. The first-order valence-corrected chi connectivity index (χ1v) is 10.4. The summed E-state index contributed by atoms with van der Waals surface area (Å²) < 4.78 is 15.6. The lowest BCUT2D eigenvalue weighted by atomic mass is 10.0. The summed E-state index contributed by atoms with van der Waals surface area (Å²) in [6.07, 6.45) is 3.91. The fraction of sp³-hybridized carbons (Fsp3) is 0.304. The highest BCUT2D eigenvalue weighted by Crippen LogP contribution is 2.30. The second kappa shape index (κ2) is 11.1. The molecule has 1 fully saturated rings. The van der Waals surface area contributed by atoms with Crippen molar-refractivity contribution in [3.8, 4) is 5.69 Å². The van der Waals surface area contributed by atoms with E-state index in [0.717, 1.165) is 18.5 Å². The van der Waals surface area contributed by atoms with Gasteiger partial charge in [0, 0.05) is 19.0 Å². The van der Waals surface area contributed by atoms with Gasteiger partial charge >= 0.3 is 0 Å². The number of para-hydroxylation sites is 1. The highest BCUT2D eigenvalue weighted by atomic mass is 19.1. The quantitative estimate of drug-likeness (QED) is 0.571. The zero-order valence-electron chi connectivity index (χ0n) is 17.5. The summed E-state index contributed by atoms with van der Waals surface area (Å²) in [5.41, 5.74) is 7.62. The Morgan fingerprint density at radius 3 is 2.62 bits per heavy atom. The number of likely N-dealkylation sites (tertiary alicyclic amines) is 1. The molecule has 0 saturated carbocycles. The first-order chi connectivity index (χ1) is 15.5. The number of carboxylic acid groups (broad SMARTS) is 1. The average Bonchev–Trinajstić information content (AvgIpc) is 3.46. The average molecular weight is 439 g/mol. The van der Waals surface area contributed by atoms with Crippen molar-refractivity contribution in [2.75, 3.05) is 6.54 Å². The van der Waals surface area contributed by atoms with E-state index >= 15 is 0 Å². The highest BCUT2D eigenvalue weighted by molar-refractivity contribution is 5.77. The Morgan fingerprint density at radius 1 is 1.22 bits per heavy atom. The summed E-state index contributed by atoms with van der Waals surface area (Å²) >= 11 is 0. The molecule has 1 aliphatic heterocycles. The smallest absolute Gasteiger partial charge is 0.290 e. The molecule has 0 radical (unpaired) electrons. The Bertz CT molecular complexity index is 1030. The molecule has 1 saturated heterocycles. The van der Waals surface area contributed by atoms with Crippen molar-refractivity contribution < 1.29 is 19.1 Å². The first-order valence-electron chi connectivity index (χ1n) is 10.4. The Labute approximate surface area is 185 Å². The van der Waals surface area contributed by atoms with Crippen LogP contribution >= 0.6 is 0 Å². The second-order valence-corrected chi connectivity index (χ2v) is 7.49. The Kier molecular flexibility index (Phi) is 8.04. The van der Waals surface area contributed by atoms with Gasteiger partial charge in [-0.15, -0.1) is 5.10 Å². The number of hydrogen-bond acceptors (Lipinski definition) is 5. The minimum Gasteiger partial charge on any atom is -0.483 e. The maximum absolute atomic E-state index is 13.8. The van der Waals surface area contributed by atoms with Crippen LogP contribution in [0.15, 0.2) is 60.9 Å². The predicted octanol–water partition coefficient (Wildman–Crippen LogP) is 2.73. The fourth-order valence-electron chi connectivity index (χ4n) is 3.83.